The van der Waals surface area contributed by atoms with E-state index >= 15 is 0 Å². The van der Waals surface area contributed by atoms with Crippen molar-refractivity contribution in [2.24, 2.45) is 5.73 Å². The number of nitrogens with zero attached hydrogens (tertiary/aromatic N) is 1. The summed E-state index contributed by atoms with van der Waals surface area (Å²) in [5.41, 5.74) is 11.8. The second kappa shape index (κ2) is 10.4. The number of likely N-dealkylation sites (N-methyl/N-ethyl adjacent to an activating group) is 1. The lowest BCUT2D eigenvalue weighted by molar-refractivity contribution is -0.114. The fraction of sp³-hybridized carbons (Fsp3) is 0.100. The van der Waals surface area contributed by atoms with Gasteiger partial charge < -0.3 is 10.6 Å². The highest BCUT2D eigenvalue weighted by atomic mass is 32.2. The standard InChI is InChI=1S/C30H28N2OS/c1-23-13-12-20-27(21-23)32(2)29(33)28(31)22-34-30(24-14-6-3-7-15-24,25-16-8-4-9-17-25)26-18-10-5-11-19-26/h3-22H,31H2,1-2H3. The molecule has 0 radical (unpaired) electrons. The first kappa shape index (κ1) is 23.4. The van der Waals surface area contributed by atoms with E-state index in [4.69, 9.17) is 5.73 Å². The number of nitrogens with two attached hydrogens (primary N) is 1. The van der Waals surface area contributed by atoms with E-state index in [2.05, 4.69) is 36.4 Å². The van der Waals surface area contributed by atoms with Crippen LogP contribution < -0.4 is 10.6 Å². The number of amides is 1. The lowest BCUT2D eigenvalue weighted by Gasteiger charge is -2.34. The Morgan fingerprint density at radius 3 is 1.68 bits per heavy atom. The number of hydrogen-bond donors (Lipinski definition) is 1. The summed E-state index contributed by atoms with van der Waals surface area (Å²) in [5, 5.41) is 1.79. The van der Waals surface area contributed by atoms with E-state index in [0.29, 0.717) is 0 Å². The highest BCUT2D eigenvalue weighted by Gasteiger charge is 2.36. The molecular weight excluding hydrogens is 436 g/mol. The summed E-state index contributed by atoms with van der Waals surface area (Å²) in [6.07, 6.45) is 0. The predicted molar refractivity (Wildman–Crippen MR) is 144 cm³/mol. The summed E-state index contributed by atoms with van der Waals surface area (Å²) in [4.78, 5) is 14.8. The minimum Gasteiger partial charge on any atom is -0.394 e. The van der Waals surface area contributed by atoms with Crippen LogP contribution in [-0.2, 0) is 9.54 Å². The minimum atomic E-state index is -0.573. The second-order valence-electron chi connectivity index (χ2n) is 8.17. The van der Waals surface area contributed by atoms with Crippen LogP contribution in [0.25, 0.3) is 0 Å². The van der Waals surface area contributed by atoms with Gasteiger partial charge >= 0.3 is 0 Å². The van der Waals surface area contributed by atoms with Crippen molar-refractivity contribution in [3.63, 3.8) is 0 Å². The average molecular weight is 465 g/mol. The van der Waals surface area contributed by atoms with Crippen molar-refractivity contribution in [1.29, 1.82) is 0 Å². The van der Waals surface area contributed by atoms with Crippen LogP contribution in [0, 0.1) is 6.92 Å². The van der Waals surface area contributed by atoms with E-state index in [-0.39, 0.29) is 11.6 Å². The smallest absolute Gasteiger partial charge is 0.274 e. The van der Waals surface area contributed by atoms with Crippen LogP contribution in [0.2, 0.25) is 0 Å². The maximum atomic E-state index is 13.2. The number of anilines is 1. The molecule has 4 aromatic rings. The molecule has 0 atom stereocenters. The molecule has 0 saturated heterocycles. The van der Waals surface area contributed by atoms with Gasteiger partial charge in [0.05, 0.1) is 4.75 Å². The van der Waals surface area contributed by atoms with Gasteiger partial charge in [-0.1, -0.05) is 103 Å². The van der Waals surface area contributed by atoms with Crippen LogP contribution >= 0.6 is 11.8 Å². The molecule has 2 N–H and O–H groups in total. The first-order valence-corrected chi connectivity index (χ1v) is 12.0. The zero-order valence-corrected chi connectivity index (χ0v) is 20.2. The third kappa shape index (κ3) is 4.78. The number of carbonyl (C=O) groups is 1. The molecule has 0 aliphatic rings. The monoisotopic (exact) mass is 464 g/mol. The molecule has 4 aromatic carbocycles. The van der Waals surface area contributed by atoms with Gasteiger partial charge in [0.1, 0.15) is 5.70 Å². The van der Waals surface area contributed by atoms with Gasteiger partial charge in [-0.15, -0.1) is 11.8 Å². The predicted octanol–water partition coefficient (Wildman–Crippen LogP) is 6.48. The Morgan fingerprint density at radius 1 is 0.765 bits per heavy atom. The van der Waals surface area contributed by atoms with Crippen LogP contribution in [0.5, 0.6) is 0 Å². The van der Waals surface area contributed by atoms with Crippen LogP contribution in [-0.4, -0.2) is 13.0 Å². The molecule has 1 amide bonds. The van der Waals surface area contributed by atoms with Crippen molar-refractivity contribution in [3.8, 4) is 0 Å². The zero-order valence-electron chi connectivity index (χ0n) is 19.4. The Balaban J connectivity index is 1.79. The summed E-state index contributed by atoms with van der Waals surface area (Å²) in [6, 6.07) is 38.9. The van der Waals surface area contributed by atoms with Gasteiger partial charge in [-0.3, -0.25) is 4.79 Å². The maximum absolute atomic E-state index is 13.2. The number of hydrogen-bond acceptors (Lipinski definition) is 3. The van der Waals surface area contributed by atoms with Gasteiger partial charge in [-0.2, -0.15) is 0 Å². The summed E-state index contributed by atoms with van der Waals surface area (Å²) in [7, 11) is 1.75. The lowest BCUT2D eigenvalue weighted by Crippen LogP contribution is -2.31. The van der Waals surface area contributed by atoms with E-state index < -0.39 is 4.75 Å². The number of benzene rings is 4. The third-order valence-electron chi connectivity index (χ3n) is 5.84. The number of rotatable bonds is 7. The Labute approximate surface area is 205 Å². The summed E-state index contributed by atoms with van der Waals surface area (Å²) >= 11 is 1.55. The van der Waals surface area contributed by atoms with Gasteiger partial charge in [-0.05, 0) is 41.3 Å². The molecule has 4 rings (SSSR count). The Bertz CT molecular complexity index is 1170. The van der Waals surface area contributed by atoms with Crippen molar-refractivity contribution in [1.82, 2.24) is 0 Å². The highest BCUT2D eigenvalue weighted by molar-refractivity contribution is 8.03. The van der Waals surface area contributed by atoms with Crippen LogP contribution in [0.15, 0.2) is 126 Å². The van der Waals surface area contributed by atoms with E-state index in [1.807, 2.05) is 85.8 Å². The van der Waals surface area contributed by atoms with Crippen molar-refractivity contribution in [3.05, 3.63) is 149 Å². The second-order valence-corrected chi connectivity index (χ2v) is 9.26. The summed E-state index contributed by atoms with van der Waals surface area (Å²) in [5.74, 6) is -0.235. The molecule has 0 fully saturated rings. The van der Waals surface area contributed by atoms with Crippen LogP contribution in [0.1, 0.15) is 22.3 Å². The fourth-order valence-electron chi connectivity index (χ4n) is 4.07. The SMILES string of the molecule is Cc1cccc(N(C)C(=O)C(N)=CSC(c2ccccc2)(c2ccccc2)c2ccccc2)c1. The van der Waals surface area contributed by atoms with Crippen molar-refractivity contribution >= 4 is 23.4 Å². The molecule has 4 heteroatoms. The highest BCUT2D eigenvalue weighted by Crippen LogP contribution is 2.49. The van der Waals surface area contributed by atoms with Crippen molar-refractivity contribution in [2.45, 2.75) is 11.7 Å². The largest absolute Gasteiger partial charge is 0.394 e. The molecule has 3 nitrogen and oxygen atoms in total. The number of carbonyl (C=O) groups excluding carboxylic acids is 1. The quantitative estimate of drug-likeness (QED) is 0.251. The number of aryl methyl sites for hydroxylation is 1. The molecule has 0 bridgehead atoms. The van der Waals surface area contributed by atoms with E-state index in [1.165, 1.54) is 0 Å². The van der Waals surface area contributed by atoms with Gasteiger partial charge in [0.25, 0.3) is 5.91 Å². The molecule has 0 aliphatic heterocycles. The first-order valence-electron chi connectivity index (χ1n) is 11.2. The average Bonchev–Trinajstić information content (AvgIpc) is 2.90. The molecule has 0 aliphatic carbocycles. The zero-order chi connectivity index (χ0) is 24.0. The molecular formula is C30H28N2OS. The lowest BCUT2D eigenvalue weighted by atomic mass is 9.84. The van der Waals surface area contributed by atoms with Gasteiger partial charge in [0.15, 0.2) is 0 Å². The number of thioether (sulfide) groups is 1. The third-order valence-corrected chi connectivity index (χ3v) is 7.28. The first-order chi connectivity index (χ1) is 16.5. The fourth-order valence-corrected chi connectivity index (χ4v) is 5.29. The van der Waals surface area contributed by atoms with Crippen molar-refractivity contribution in [2.75, 3.05) is 11.9 Å². The van der Waals surface area contributed by atoms with Crippen LogP contribution in [0.4, 0.5) is 5.69 Å². The van der Waals surface area contributed by atoms with Crippen molar-refractivity contribution < 1.29 is 4.79 Å². The van der Waals surface area contributed by atoms with Crippen LogP contribution in [0.3, 0.4) is 0 Å². The summed E-state index contributed by atoms with van der Waals surface area (Å²) in [6.45, 7) is 2.00. The Kier molecular flexibility index (Phi) is 7.19. The van der Waals surface area contributed by atoms with Gasteiger partial charge in [0.2, 0.25) is 0 Å². The maximum Gasteiger partial charge on any atom is 0.274 e. The molecule has 170 valence electrons. The molecule has 34 heavy (non-hydrogen) atoms. The van der Waals surface area contributed by atoms with Gasteiger partial charge in [-0.25, -0.2) is 0 Å². The minimum absolute atomic E-state index is 0.196. The Hall–Kier alpha value is -3.76. The molecule has 0 spiro atoms. The van der Waals surface area contributed by atoms with E-state index in [0.717, 1.165) is 27.9 Å². The Morgan fingerprint density at radius 2 is 1.24 bits per heavy atom. The molecule has 0 aromatic heterocycles. The van der Waals surface area contributed by atoms with Gasteiger partial charge in [0, 0.05) is 18.1 Å². The normalized spacial score (nSPS) is 11.8. The molecule has 0 saturated carbocycles. The van der Waals surface area contributed by atoms with E-state index in [9.17, 15) is 4.79 Å². The van der Waals surface area contributed by atoms with E-state index in [1.54, 1.807) is 29.1 Å². The molecule has 0 heterocycles. The molecule has 0 unspecified atom stereocenters. The topological polar surface area (TPSA) is 46.3 Å². The summed E-state index contributed by atoms with van der Waals surface area (Å²) < 4.78 is -0.573.